The molecule has 1 aromatic heterocycles. The molecule has 2 aromatic rings. The zero-order valence-electron chi connectivity index (χ0n) is 11.8. The molecule has 0 saturated carbocycles. The third-order valence-electron chi connectivity index (χ3n) is 3.83. The first-order chi connectivity index (χ1) is 10.1. The summed E-state index contributed by atoms with van der Waals surface area (Å²) in [6.07, 6.45) is 1.86. The summed E-state index contributed by atoms with van der Waals surface area (Å²) in [5.41, 5.74) is -1.24. The van der Waals surface area contributed by atoms with Crippen molar-refractivity contribution in [2.45, 2.75) is 18.5 Å². The fraction of sp³-hybridized carbons (Fsp3) is 0.429. The maximum atomic E-state index is 14.5. The van der Waals surface area contributed by atoms with E-state index in [0.29, 0.717) is 23.7 Å². The highest BCUT2D eigenvalue weighted by Gasteiger charge is 2.34. The van der Waals surface area contributed by atoms with Gasteiger partial charge in [-0.2, -0.15) is 0 Å². The van der Waals surface area contributed by atoms with E-state index in [2.05, 4.69) is 15.3 Å². The van der Waals surface area contributed by atoms with Crippen LogP contribution in [0.15, 0.2) is 29.3 Å². The molecule has 2 heterocycles. The zero-order valence-corrected chi connectivity index (χ0v) is 12.6. The number of rotatable bonds is 3. The molecule has 0 spiro atoms. The lowest BCUT2D eigenvalue weighted by molar-refractivity contribution is 0.109. The summed E-state index contributed by atoms with van der Waals surface area (Å²) < 4.78 is 28.8. The number of hydrogen-bond acceptors (Lipinski definition) is 4. The van der Waals surface area contributed by atoms with Crippen LogP contribution in [0.2, 0.25) is 0 Å². The molecule has 8 heteroatoms. The Kier molecular flexibility index (Phi) is 4.97. The predicted molar refractivity (Wildman–Crippen MR) is 84.0 cm³/mol. The van der Waals surface area contributed by atoms with Gasteiger partial charge in [-0.15, -0.1) is 12.4 Å². The van der Waals surface area contributed by atoms with Gasteiger partial charge in [-0.05, 0) is 44.1 Å². The molecule has 2 N–H and O–H groups in total. The van der Waals surface area contributed by atoms with Crippen LogP contribution in [-0.4, -0.2) is 35.3 Å². The Bertz CT molecular complexity index is 703. The quantitative estimate of drug-likeness (QED) is 0.846. The van der Waals surface area contributed by atoms with Crippen molar-refractivity contribution in [2.75, 3.05) is 24.8 Å². The maximum absolute atomic E-state index is 14.5. The first kappa shape index (κ1) is 16.6. The van der Waals surface area contributed by atoms with Crippen LogP contribution < -0.4 is 16.0 Å². The zero-order chi connectivity index (χ0) is 14.9. The highest BCUT2D eigenvalue weighted by molar-refractivity contribution is 5.85. The van der Waals surface area contributed by atoms with E-state index < -0.39 is 5.67 Å². The van der Waals surface area contributed by atoms with E-state index in [1.807, 2.05) is 0 Å². The molecule has 5 nitrogen and oxygen atoms in total. The van der Waals surface area contributed by atoms with Gasteiger partial charge < -0.3 is 10.3 Å². The highest BCUT2D eigenvalue weighted by atomic mass is 35.5. The van der Waals surface area contributed by atoms with Gasteiger partial charge in [-0.25, -0.2) is 14.5 Å². The molecule has 0 atom stereocenters. The van der Waals surface area contributed by atoms with Crippen molar-refractivity contribution in [1.82, 2.24) is 15.3 Å². The molecule has 1 saturated heterocycles. The van der Waals surface area contributed by atoms with Crippen LogP contribution in [0.3, 0.4) is 0 Å². The fourth-order valence-electron chi connectivity index (χ4n) is 2.58. The molecule has 1 aliphatic heterocycles. The van der Waals surface area contributed by atoms with Gasteiger partial charge in [0.1, 0.15) is 5.67 Å². The molecular weight excluding hydrogens is 314 g/mol. The number of alkyl halides is 1. The Morgan fingerprint density at radius 3 is 2.77 bits per heavy atom. The Morgan fingerprint density at radius 2 is 2.05 bits per heavy atom. The van der Waals surface area contributed by atoms with E-state index >= 15 is 0 Å². The van der Waals surface area contributed by atoms with Crippen molar-refractivity contribution >= 4 is 29.0 Å². The number of anilines is 1. The van der Waals surface area contributed by atoms with E-state index in [-0.39, 0.29) is 48.4 Å². The maximum Gasteiger partial charge on any atom is 0.258 e. The summed E-state index contributed by atoms with van der Waals surface area (Å²) in [5.74, 6) is 0. The van der Waals surface area contributed by atoms with Crippen molar-refractivity contribution in [3.8, 4) is 0 Å². The number of nitrogens with one attached hydrogen (secondary N) is 2. The summed E-state index contributed by atoms with van der Waals surface area (Å²) in [7, 11) is 0. The largest absolute Gasteiger partial charge is 0.316 e. The number of halogens is 3. The van der Waals surface area contributed by atoms with Crippen LogP contribution in [0.1, 0.15) is 12.8 Å². The van der Waals surface area contributed by atoms with Gasteiger partial charge in [0.05, 0.1) is 29.5 Å². The van der Waals surface area contributed by atoms with Crippen molar-refractivity contribution < 1.29 is 8.87 Å². The fourth-order valence-corrected chi connectivity index (χ4v) is 2.58. The molecule has 0 radical (unpaired) electrons. The molecule has 22 heavy (non-hydrogen) atoms. The summed E-state index contributed by atoms with van der Waals surface area (Å²) in [5, 5.41) is 3.71. The first-order valence-electron chi connectivity index (χ1n) is 6.88. The van der Waals surface area contributed by atoms with Crippen molar-refractivity contribution in [3.05, 3.63) is 34.9 Å². The van der Waals surface area contributed by atoms with Gasteiger partial charge in [0, 0.05) is 0 Å². The summed E-state index contributed by atoms with van der Waals surface area (Å²) >= 11 is 0. The number of H-pyrrole nitrogens is 1. The summed E-state index contributed by atoms with van der Waals surface area (Å²) in [6, 6.07) is 4.45. The topological polar surface area (TPSA) is 61.0 Å². The Hall–Kier alpha value is -1.73. The van der Waals surface area contributed by atoms with Gasteiger partial charge in [0.15, 0.2) is 0 Å². The van der Waals surface area contributed by atoms with E-state index in [1.54, 1.807) is 6.07 Å². The van der Waals surface area contributed by atoms with Crippen LogP contribution >= 0.6 is 12.4 Å². The van der Waals surface area contributed by atoms with Crippen LogP contribution in [0.5, 0.6) is 0 Å². The smallest absolute Gasteiger partial charge is 0.258 e. The van der Waals surface area contributed by atoms with Crippen molar-refractivity contribution in [2.24, 2.45) is 0 Å². The van der Waals surface area contributed by atoms with Crippen LogP contribution in [0.25, 0.3) is 10.9 Å². The predicted octanol–water partition coefficient (Wildman–Crippen LogP) is 2.13. The normalized spacial score (nSPS) is 17.0. The summed E-state index contributed by atoms with van der Waals surface area (Å²) in [6.45, 7) is 0.760. The molecule has 120 valence electrons. The molecule has 0 unspecified atom stereocenters. The lowest BCUT2D eigenvalue weighted by Gasteiger charge is -2.32. The number of aromatic nitrogens is 2. The molecule has 1 aromatic carbocycles. The standard InChI is InChI=1S/C14H16F2N4O.ClH/c15-14(3-5-17-6-4-14)8-20(16)10-1-2-12-11(7-10)13(21)19-9-18-12;/h1-2,7,9,17H,3-6,8H2,(H,18,19,21);1H. The Balaban J connectivity index is 0.00000176. The second-order valence-electron chi connectivity index (χ2n) is 5.35. The average Bonchev–Trinajstić information content (AvgIpc) is 2.47. The van der Waals surface area contributed by atoms with Gasteiger partial charge in [-0.1, -0.05) is 4.48 Å². The monoisotopic (exact) mass is 330 g/mol. The van der Waals surface area contributed by atoms with Crippen LogP contribution in [-0.2, 0) is 0 Å². The molecular formula is C14H17ClF2N4O. The number of aromatic amines is 1. The van der Waals surface area contributed by atoms with Gasteiger partial charge in [-0.3, -0.25) is 4.79 Å². The highest BCUT2D eigenvalue weighted by Crippen LogP contribution is 2.28. The lowest BCUT2D eigenvalue weighted by atomic mass is 9.94. The SMILES string of the molecule is Cl.O=c1[nH]cnc2ccc(N(F)CC3(F)CCNCC3)cc12. The molecule has 0 amide bonds. The summed E-state index contributed by atoms with van der Waals surface area (Å²) in [4.78, 5) is 18.1. The van der Waals surface area contributed by atoms with Crippen LogP contribution in [0.4, 0.5) is 14.6 Å². The number of nitrogens with zero attached hydrogens (tertiary/aromatic N) is 2. The minimum atomic E-state index is -1.55. The molecule has 1 fully saturated rings. The Labute approximate surface area is 132 Å². The van der Waals surface area contributed by atoms with Crippen molar-refractivity contribution in [3.63, 3.8) is 0 Å². The molecule has 0 aliphatic carbocycles. The second-order valence-corrected chi connectivity index (χ2v) is 5.35. The third-order valence-corrected chi connectivity index (χ3v) is 3.83. The number of benzene rings is 1. The average molecular weight is 331 g/mol. The van der Waals surface area contributed by atoms with Crippen LogP contribution in [0, 0.1) is 0 Å². The third kappa shape index (κ3) is 3.36. The number of fused-ring (bicyclic) bond motifs is 1. The van der Waals surface area contributed by atoms with Crippen molar-refractivity contribution in [1.29, 1.82) is 0 Å². The van der Waals surface area contributed by atoms with E-state index in [4.69, 9.17) is 0 Å². The van der Waals surface area contributed by atoms with Gasteiger partial charge in [0.2, 0.25) is 0 Å². The number of piperidine rings is 1. The molecule has 0 bridgehead atoms. The Morgan fingerprint density at radius 1 is 1.32 bits per heavy atom. The molecule has 3 rings (SSSR count). The lowest BCUT2D eigenvalue weighted by Crippen LogP contribution is -2.45. The van der Waals surface area contributed by atoms with E-state index in [9.17, 15) is 13.7 Å². The second kappa shape index (κ2) is 6.58. The van der Waals surface area contributed by atoms with Gasteiger partial charge in [0.25, 0.3) is 5.56 Å². The van der Waals surface area contributed by atoms with E-state index in [0.717, 1.165) is 0 Å². The molecule has 1 aliphatic rings. The van der Waals surface area contributed by atoms with E-state index in [1.165, 1.54) is 18.5 Å². The minimum absolute atomic E-state index is 0. The first-order valence-corrected chi connectivity index (χ1v) is 6.88. The number of hydrogen-bond donors (Lipinski definition) is 2. The van der Waals surface area contributed by atoms with Gasteiger partial charge >= 0.3 is 0 Å². The minimum Gasteiger partial charge on any atom is -0.316 e.